The maximum atomic E-state index is 12.2. The quantitative estimate of drug-likeness (QED) is 0.734. The molecule has 0 spiro atoms. The second kappa shape index (κ2) is 6.00. The van der Waals surface area contributed by atoms with Crippen LogP contribution >= 0.6 is 0 Å². The molecule has 2 amide bonds. The predicted molar refractivity (Wildman–Crippen MR) is 66.6 cm³/mol. The number of nitrogens with one attached hydrogen (secondary N) is 2. The zero-order valence-electron chi connectivity index (χ0n) is 11.0. The summed E-state index contributed by atoms with van der Waals surface area (Å²) in [5.74, 6) is -0.105. The molecule has 0 saturated carbocycles. The van der Waals surface area contributed by atoms with E-state index in [1.807, 2.05) is 13.8 Å². The highest BCUT2D eigenvalue weighted by atomic mass is 16.2. The van der Waals surface area contributed by atoms with Gasteiger partial charge in [-0.3, -0.25) is 9.59 Å². The molecule has 1 heterocycles. The van der Waals surface area contributed by atoms with Crippen molar-refractivity contribution in [3.8, 4) is 0 Å². The standard InChI is InChI=1S/C12H23N3O2/c1-4-13-10(16)9-15(3)11(17)12(2)7-5-6-8-14-12/h14H,4-9H2,1-3H3,(H,13,16). The molecule has 1 saturated heterocycles. The van der Waals surface area contributed by atoms with Gasteiger partial charge in [0.05, 0.1) is 12.1 Å². The first-order valence-corrected chi connectivity index (χ1v) is 6.27. The summed E-state index contributed by atoms with van der Waals surface area (Å²) in [5.41, 5.74) is -0.501. The van der Waals surface area contributed by atoms with Crippen LogP contribution in [0.5, 0.6) is 0 Å². The van der Waals surface area contributed by atoms with Crippen molar-refractivity contribution in [2.24, 2.45) is 0 Å². The van der Waals surface area contributed by atoms with E-state index in [1.54, 1.807) is 7.05 Å². The lowest BCUT2D eigenvalue weighted by atomic mass is 9.89. The van der Waals surface area contributed by atoms with E-state index in [-0.39, 0.29) is 18.4 Å². The highest BCUT2D eigenvalue weighted by Crippen LogP contribution is 2.20. The fraction of sp³-hybridized carbons (Fsp3) is 0.833. The lowest BCUT2D eigenvalue weighted by molar-refractivity contribution is -0.140. The predicted octanol–water partition coefficient (Wildman–Crippen LogP) is 0.113. The third-order valence-electron chi connectivity index (χ3n) is 3.19. The van der Waals surface area contributed by atoms with E-state index in [4.69, 9.17) is 0 Å². The van der Waals surface area contributed by atoms with E-state index in [9.17, 15) is 9.59 Å². The number of hydrogen-bond donors (Lipinski definition) is 2. The SMILES string of the molecule is CCNC(=O)CN(C)C(=O)C1(C)CCCCN1. The van der Waals surface area contributed by atoms with Crippen LogP contribution in [0.15, 0.2) is 0 Å². The lowest BCUT2D eigenvalue weighted by Gasteiger charge is -2.36. The zero-order chi connectivity index (χ0) is 12.9. The van der Waals surface area contributed by atoms with Crippen LogP contribution in [0.2, 0.25) is 0 Å². The summed E-state index contributed by atoms with van der Waals surface area (Å²) in [6, 6.07) is 0. The summed E-state index contributed by atoms with van der Waals surface area (Å²) in [6.07, 6.45) is 3.01. The van der Waals surface area contributed by atoms with Crippen molar-refractivity contribution in [3.05, 3.63) is 0 Å². The van der Waals surface area contributed by atoms with Crippen molar-refractivity contribution >= 4 is 11.8 Å². The Labute approximate surface area is 103 Å². The molecule has 1 aliphatic rings. The Balaban J connectivity index is 2.53. The Morgan fingerprint density at radius 3 is 2.65 bits per heavy atom. The second-order valence-corrected chi connectivity index (χ2v) is 4.83. The fourth-order valence-electron chi connectivity index (χ4n) is 2.20. The van der Waals surface area contributed by atoms with Crippen LogP contribution in [0.4, 0.5) is 0 Å². The van der Waals surface area contributed by atoms with E-state index in [0.29, 0.717) is 6.54 Å². The van der Waals surface area contributed by atoms with Crippen molar-refractivity contribution in [1.29, 1.82) is 0 Å². The number of carbonyl (C=O) groups excluding carboxylic acids is 2. The summed E-state index contributed by atoms with van der Waals surface area (Å²) in [7, 11) is 1.68. The molecule has 1 aliphatic heterocycles. The van der Waals surface area contributed by atoms with Crippen molar-refractivity contribution < 1.29 is 9.59 Å². The Bertz CT molecular complexity index is 285. The molecule has 17 heavy (non-hydrogen) atoms. The van der Waals surface area contributed by atoms with Crippen LogP contribution in [0, 0.1) is 0 Å². The first kappa shape index (κ1) is 14.0. The second-order valence-electron chi connectivity index (χ2n) is 4.83. The third-order valence-corrected chi connectivity index (χ3v) is 3.19. The van der Waals surface area contributed by atoms with Gasteiger partial charge in [0.1, 0.15) is 0 Å². The van der Waals surface area contributed by atoms with E-state index >= 15 is 0 Å². The molecule has 0 radical (unpaired) electrons. The molecular weight excluding hydrogens is 218 g/mol. The maximum absolute atomic E-state index is 12.2. The van der Waals surface area contributed by atoms with Gasteiger partial charge in [0.15, 0.2) is 0 Å². The average molecular weight is 241 g/mol. The Kier molecular flexibility index (Phi) is 4.93. The topological polar surface area (TPSA) is 61.4 Å². The lowest BCUT2D eigenvalue weighted by Crippen LogP contribution is -2.58. The third kappa shape index (κ3) is 3.70. The highest BCUT2D eigenvalue weighted by molar-refractivity contribution is 5.89. The summed E-state index contributed by atoms with van der Waals surface area (Å²) in [6.45, 7) is 5.38. The first-order valence-electron chi connectivity index (χ1n) is 6.27. The van der Waals surface area contributed by atoms with Crippen molar-refractivity contribution in [2.75, 3.05) is 26.7 Å². The van der Waals surface area contributed by atoms with Gasteiger partial charge < -0.3 is 15.5 Å². The number of hydrogen-bond acceptors (Lipinski definition) is 3. The molecule has 1 unspecified atom stereocenters. The number of amides is 2. The normalized spacial score (nSPS) is 24.2. The molecule has 0 bridgehead atoms. The van der Waals surface area contributed by atoms with Crippen molar-refractivity contribution in [1.82, 2.24) is 15.5 Å². The van der Waals surface area contributed by atoms with Gasteiger partial charge in [-0.2, -0.15) is 0 Å². The van der Waals surface area contributed by atoms with Gasteiger partial charge in [-0.05, 0) is 39.7 Å². The minimum Gasteiger partial charge on any atom is -0.355 e. The van der Waals surface area contributed by atoms with E-state index in [1.165, 1.54) is 4.90 Å². The van der Waals surface area contributed by atoms with Gasteiger partial charge in [-0.15, -0.1) is 0 Å². The van der Waals surface area contributed by atoms with Gasteiger partial charge in [0.2, 0.25) is 11.8 Å². The van der Waals surface area contributed by atoms with E-state index in [2.05, 4.69) is 10.6 Å². The van der Waals surface area contributed by atoms with Crippen LogP contribution in [-0.4, -0.2) is 48.9 Å². The number of piperidine rings is 1. The van der Waals surface area contributed by atoms with Crippen molar-refractivity contribution in [3.63, 3.8) is 0 Å². The maximum Gasteiger partial charge on any atom is 0.242 e. The Hall–Kier alpha value is -1.10. The van der Waals surface area contributed by atoms with Gasteiger partial charge in [0.25, 0.3) is 0 Å². The molecule has 1 atom stereocenters. The van der Waals surface area contributed by atoms with E-state index < -0.39 is 5.54 Å². The summed E-state index contributed by atoms with van der Waals surface area (Å²) in [5, 5.41) is 5.95. The minimum atomic E-state index is -0.501. The Morgan fingerprint density at radius 1 is 1.41 bits per heavy atom. The number of nitrogens with zero attached hydrogens (tertiary/aromatic N) is 1. The van der Waals surface area contributed by atoms with Crippen LogP contribution < -0.4 is 10.6 Å². The van der Waals surface area contributed by atoms with Crippen LogP contribution in [-0.2, 0) is 9.59 Å². The number of likely N-dealkylation sites (N-methyl/N-ethyl adjacent to an activating group) is 2. The molecule has 5 nitrogen and oxygen atoms in total. The smallest absolute Gasteiger partial charge is 0.242 e. The molecule has 0 aromatic rings. The summed E-state index contributed by atoms with van der Waals surface area (Å²) in [4.78, 5) is 25.2. The molecule has 5 heteroatoms. The Morgan fingerprint density at radius 2 is 2.12 bits per heavy atom. The van der Waals surface area contributed by atoms with Crippen molar-refractivity contribution in [2.45, 2.75) is 38.6 Å². The largest absolute Gasteiger partial charge is 0.355 e. The minimum absolute atomic E-state index is 0.00320. The molecule has 0 aromatic carbocycles. The van der Waals surface area contributed by atoms with Gasteiger partial charge in [-0.25, -0.2) is 0 Å². The molecule has 1 rings (SSSR count). The average Bonchev–Trinajstić information content (AvgIpc) is 2.29. The van der Waals surface area contributed by atoms with E-state index in [0.717, 1.165) is 25.8 Å². The molecule has 0 aromatic heterocycles. The van der Waals surface area contributed by atoms with Crippen LogP contribution in [0.25, 0.3) is 0 Å². The fourth-order valence-corrected chi connectivity index (χ4v) is 2.20. The number of carbonyl (C=O) groups is 2. The van der Waals surface area contributed by atoms with Crippen LogP contribution in [0.3, 0.4) is 0 Å². The van der Waals surface area contributed by atoms with Gasteiger partial charge in [-0.1, -0.05) is 0 Å². The summed E-state index contributed by atoms with van der Waals surface area (Å²) < 4.78 is 0. The molecule has 1 fully saturated rings. The molecule has 0 aliphatic carbocycles. The molecular formula is C12H23N3O2. The zero-order valence-corrected chi connectivity index (χ0v) is 11.0. The van der Waals surface area contributed by atoms with Gasteiger partial charge >= 0.3 is 0 Å². The first-order chi connectivity index (χ1) is 7.99. The van der Waals surface area contributed by atoms with Gasteiger partial charge in [0, 0.05) is 13.6 Å². The monoisotopic (exact) mass is 241 g/mol. The molecule has 2 N–H and O–H groups in total. The van der Waals surface area contributed by atoms with Crippen LogP contribution in [0.1, 0.15) is 33.1 Å². The summed E-state index contributed by atoms with van der Waals surface area (Å²) >= 11 is 0. The number of rotatable bonds is 4. The highest BCUT2D eigenvalue weighted by Gasteiger charge is 2.36. The molecule has 98 valence electrons.